The van der Waals surface area contributed by atoms with Crippen LogP contribution in [0.5, 0.6) is 0 Å². The molecule has 1 amide bonds. The van der Waals surface area contributed by atoms with Crippen LogP contribution in [0.25, 0.3) is 0 Å². The number of hydrogen-bond acceptors (Lipinski definition) is 4. The van der Waals surface area contributed by atoms with Crippen LogP contribution < -0.4 is 0 Å². The molecule has 3 rings (SSSR count). The summed E-state index contributed by atoms with van der Waals surface area (Å²) < 4.78 is 4.07. The number of carbonyl (C=O) groups excluding carboxylic acids is 1. The predicted molar refractivity (Wildman–Crippen MR) is 101 cm³/mol. The van der Waals surface area contributed by atoms with Crippen molar-refractivity contribution >= 4 is 5.91 Å². The first-order valence-corrected chi connectivity index (χ1v) is 9.45. The maximum atomic E-state index is 12.9. The third-order valence-electron chi connectivity index (χ3n) is 4.99. The highest BCUT2D eigenvalue weighted by Gasteiger charge is 2.28. The maximum Gasteiger partial charge on any atom is 0.257 e. The highest BCUT2D eigenvalue weighted by atomic mass is 16.2. The van der Waals surface area contributed by atoms with Crippen molar-refractivity contribution in [2.75, 3.05) is 33.7 Å². The second-order valence-corrected chi connectivity index (χ2v) is 7.68. The van der Waals surface area contributed by atoms with Crippen molar-refractivity contribution in [3.8, 4) is 0 Å². The fraction of sp³-hybridized carbons (Fsp3) is 0.632. The van der Waals surface area contributed by atoms with E-state index in [0.717, 1.165) is 44.8 Å². The first-order valence-electron chi connectivity index (χ1n) is 9.45. The Labute approximate surface area is 155 Å². The van der Waals surface area contributed by atoms with Gasteiger partial charge in [-0.3, -0.25) is 9.48 Å². The number of likely N-dealkylation sites (tertiary alicyclic amines) is 1. The van der Waals surface area contributed by atoms with Crippen molar-refractivity contribution in [3.63, 3.8) is 0 Å². The van der Waals surface area contributed by atoms with Gasteiger partial charge in [0.25, 0.3) is 5.91 Å². The van der Waals surface area contributed by atoms with E-state index >= 15 is 0 Å². The maximum absolute atomic E-state index is 12.9. The van der Waals surface area contributed by atoms with Gasteiger partial charge in [0.1, 0.15) is 5.82 Å². The number of aromatic nitrogens is 4. The fourth-order valence-electron chi connectivity index (χ4n) is 3.46. The Morgan fingerprint density at radius 2 is 2.19 bits per heavy atom. The Hall–Kier alpha value is -2.15. The van der Waals surface area contributed by atoms with E-state index in [1.54, 1.807) is 6.20 Å². The van der Waals surface area contributed by atoms with Crippen LogP contribution in [0.1, 0.15) is 54.8 Å². The molecular weight excluding hydrogens is 328 g/mol. The van der Waals surface area contributed by atoms with Crippen LogP contribution in [0.3, 0.4) is 0 Å². The Bertz CT molecular complexity index is 732. The van der Waals surface area contributed by atoms with Crippen LogP contribution in [-0.2, 0) is 6.54 Å². The van der Waals surface area contributed by atoms with Crippen LogP contribution >= 0.6 is 0 Å². The van der Waals surface area contributed by atoms with Gasteiger partial charge < -0.3 is 14.4 Å². The van der Waals surface area contributed by atoms with Gasteiger partial charge in [-0.05, 0) is 40.8 Å². The normalized spacial score (nSPS) is 18.1. The van der Waals surface area contributed by atoms with Crippen molar-refractivity contribution in [1.29, 1.82) is 0 Å². The van der Waals surface area contributed by atoms with E-state index in [1.807, 2.05) is 28.2 Å². The van der Waals surface area contributed by atoms with E-state index < -0.39 is 0 Å². The molecule has 0 saturated carbocycles. The van der Waals surface area contributed by atoms with Crippen LogP contribution in [-0.4, -0.2) is 68.8 Å². The van der Waals surface area contributed by atoms with Crippen LogP contribution in [0.4, 0.5) is 0 Å². The molecule has 0 aliphatic carbocycles. The monoisotopic (exact) mass is 358 g/mol. The molecule has 0 radical (unpaired) electrons. The summed E-state index contributed by atoms with van der Waals surface area (Å²) >= 11 is 0. The molecule has 0 bridgehead atoms. The van der Waals surface area contributed by atoms with Crippen molar-refractivity contribution < 1.29 is 4.79 Å². The summed E-state index contributed by atoms with van der Waals surface area (Å²) in [5, 5.41) is 4.30. The lowest BCUT2D eigenvalue weighted by Gasteiger charge is -2.32. The number of amides is 1. The summed E-state index contributed by atoms with van der Waals surface area (Å²) in [6, 6.07) is 0.259. The molecule has 0 aromatic carbocycles. The van der Waals surface area contributed by atoms with Gasteiger partial charge in [-0.15, -0.1) is 0 Å². The Kier molecular flexibility index (Phi) is 5.76. The zero-order valence-corrected chi connectivity index (χ0v) is 16.3. The molecule has 1 fully saturated rings. The predicted octanol–water partition coefficient (Wildman–Crippen LogP) is 2.24. The Morgan fingerprint density at radius 1 is 1.38 bits per heavy atom. The summed E-state index contributed by atoms with van der Waals surface area (Å²) in [5.74, 6) is 1.47. The smallest absolute Gasteiger partial charge is 0.257 e. The number of rotatable bonds is 6. The molecule has 2 aromatic rings. The molecule has 7 nitrogen and oxygen atoms in total. The first-order chi connectivity index (χ1) is 12.5. The Balaban J connectivity index is 1.69. The van der Waals surface area contributed by atoms with Crippen LogP contribution in [0.15, 0.2) is 24.8 Å². The largest absolute Gasteiger partial charge is 0.338 e. The van der Waals surface area contributed by atoms with Crippen LogP contribution in [0, 0.1) is 0 Å². The molecule has 0 N–H and O–H groups in total. The molecule has 26 heavy (non-hydrogen) atoms. The summed E-state index contributed by atoms with van der Waals surface area (Å²) in [5.41, 5.74) is 0.676. The molecule has 1 atom stereocenters. The van der Waals surface area contributed by atoms with E-state index in [9.17, 15) is 4.79 Å². The van der Waals surface area contributed by atoms with E-state index in [-0.39, 0.29) is 11.9 Å². The lowest BCUT2D eigenvalue weighted by atomic mass is 9.96. The second kappa shape index (κ2) is 8.03. The second-order valence-electron chi connectivity index (χ2n) is 7.68. The van der Waals surface area contributed by atoms with Gasteiger partial charge in [0.2, 0.25) is 0 Å². The fourth-order valence-corrected chi connectivity index (χ4v) is 3.46. The molecular formula is C19H30N6O. The molecule has 1 saturated heterocycles. The van der Waals surface area contributed by atoms with E-state index in [4.69, 9.17) is 0 Å². The van der Waals surface area contributed by atoms with Crippen molar-refractivity contribution in [2.24, 2.45) is 0 Å². The summed E-state index contributed by atoms with van der Waals surface area (Å²) in [4.78, 5) is 21.6. The molecule has 1 aliphatic heterocycles. The Morgan fingerprint density at radius 3 is 2.88 bits per heavy atom. The van der Waals surface area contributed by atoms with Gasteiger partial charge in [-0.25, -0.2) is 4.98 Å². The van der Waals surface area contributed by atoms with Crippen molar-refractivity contribution in [2.45, 2.75) is 45.2 Å². The zero-order chi connectivity index (χ0) is 18.7. The number of imidazole rings is 1. The van der Waals surface area contributed by atoms with Gasteiger partial charge in [0, 0.05) is 56.7 Å². The number of hydrogen-bond donors (Lipinski definition) is 0. The number of likely N-dealkylation sites (N-methyl/N-ethyl adjacent to an activating group) is 1. The minimum Gasteiger partial charge on any atom is -0.338 e. The molecule has 2 aromatic heterocycles. The minimum atomic E-state index is 0.0768. The zero-order valence-electron chi connectivity index (χ0n) is 16.3. The van der Waals surface area contributed by atoms with Gasteiger partial charge in [-0.1, -0.05) is 0 Å². The summed E-state index contributed by atoms with van der Waals surface area (Å²) in [7, 11) is 4.16. The lowest BCUT2D eigenvalue weighted by Crippen LogP contribution is -2.39. The molecule has 1 aliphatic rings. The molecule has 0 spiro atoms. The lowest BCUT2D eigenvalue weighted by molar-refractivity contribution is 0.0703. The SMILES string of the molecule is CC(C)n1cc(C(=O)N2CCC[C@H](c3nccn3CCN(C)C)C2)cn1. The van der Waals surface area contributed by atoms with Gasteiger partial charge >= 0.3 is 0 Å². The quantitative estimate of drug-likeness (QED) is 0.795. The summed E-state index contributed by atoms with van der Waals surface area (Å²) in [6.45, 7) is 7.56. The standard InChI is InChI=1S/C19H30N6O/c1-15(2)25-14-17(12-21-25)19(26)24-8-5-6-16(13-24)18-20-7-9-23(18)11-10-22(3)4/h7,9,12,14-16H,5-6,8,10-11,13H2,1-4H3/t16-/m0/s1. The van der Waals surface area contributed by atoms with Gasteiger partial charge in [-0.2, -0.15) is 5.10 Å². The number of nitrogens with zero attached hydrogens (tertiary/aromatic N) is 6. The number of piperidine rings is 1. The third kappa shape index (κ3) is 4.15. The topological polar surface area (TPSA) is 59.2 Å². The molecule has 0 unspecified atom stereocenters. The average Bonchev–Trinajstić information content (AvgIpc) is 3.29. The van der Waals surface area contributed by atoms with Gasteiger partial charge in [0.15, 0.2) is 0 Å². The van der Waals surface area contributed by atoms with Crippen molar-refractivity contribution in [3.05, 3.63) is 36.2 Å². The molecule has 142 valence electrons. The highest BCUT2D eigenvalue weighted by Crippen LogP contribution is 2.27. The molecule has 7 heteroatoms. The van der Waals surface area contributed by atoms with Crippen molar-refractivity contribution in [1.82, 2.24) is 29.1 Å². The molecule has 3 heterocycles. The van der Waals surface area contributed by atoms with Gasteiger partial charge in [0.05, 0.1) is 11.8 Å². The van der Waals surface area contributed by atoms with Crippen LogP contribution in [0.2, 0.25) is 0 Å². The van der Waals surface area contributed by atoms with E-state index in [0.29, 0.717) is 11.5 Å². The first kappa shape index (κ1) is 18.6. The average molecular weight is 358 g/mol. The van der Waals surface area contributed by atoms with E-state index in [2.05, 4.69) is 47.5 Å². The number of carbonyl (C=O) groups is 1. The summed E-state index contributed by atoms with van der Waals surface area (Å²) in [6.07, 6.45) is 9.55. The minimum absolute atomic E-state index is 0.0768. The third-order valence-corrected chi connectivity index (χ3v) is 4.99. The van der Waals surface area contributed by atoms with E-state index in [1.165, 1.54) is 0 Å². The highest BCUT2D eigenvalue weighted by molar-refractivity contribution is 5.93.